The molecule has 0 saturated carbocycles. The minimum Gasteiger partial charge on any atom is -0.756 e. The van der Waals surface area contributed by atoms with Crippen molar-refractivity contribution in [2.75, 3.05) is 40.9 Å². The van der Waals surface area contributed by atoms with E-state index in [1.54, 1.807) is 6.08 Å². The number of amides is 1. The van der Waals surface area contributed by atoms with Crippen molar-refractivity contribution in [2.45, 2.75) is 360 Å². The van der Waals surface area contributed by atoms with Crippen LogP contribution in [0, 0.1) is 0 Å². The van der Waals surface area contributed by atoms with E-state index >= 15 is 0 Å². The molecule has 8 nitrogen and oxygen atoms in total. The normalized spacial score (nSPS) is 13.8. The molecule has 3 unspecified atom stereocenters. The summed E-state index contributed by atoms with van der Waals surface area (Å²) >= 11 is 0. The first-order valence-electron chi connectivity index (χ1n) is 33.1. The van der Waals surface area contributed by atoms with Gasteiger partial charge in [-0.3, -0.25) is 9.36 Å². The number of aliphatic hydroxyl groups excluding tert-OH is 1. The van der Waals surface area contributed by atoms with Gasteiger partial charge in [-0.05, 0) is 19.3 Å². The molecule has 0 aromatic rings. The Balaban J connectivity index is 3.88. The highest BCUT2D eigenvalue weighted by atomic mass is 31.2. The highest BCUT2D eigenvalue weighted by Crippen LogP contribution is 2.38. The van der Waals surface area contributed by atoms with Crippen LogP contribution >= 0.6 is 7.82 Å². The van der Waals surface area contributed by atoms with Gasteiger partial charge in [-0.25, -0.2) is 0 Å². The second-order valence-electron chi connectivity index (χ2n) is 24.2. The van der Waals surface area contributed by atoms with Gasteiger partial charge in [-0.1, -0.05) is 334 Å². The number of hydrogen-bond donors (Lipinski definition) is 2. The van der Waals surface area contributed by atoms with E-state index < -0.39 is 20.0 Å². The van der Waals surface area contributed by atoms with Crippen LogP contribution in [0.1, 0.15) is 348 Å². The minimum absolute atomic E-state index is 0.00264. The Bertz CT molecular complexity index is 1210. The average molecular weight is 1070 g/mol. The van der Waals surface area contributed by atoms with Crippen molar-refractivity contribution in [3.63, 3.8) is 0 Å². The number of carbonyl (C=O) groups excluding carboxylic acids is 1. The zero-order valence-corrected chi connectivity index (χ0v) is 51.5. The first kappa shape index (κ1) is 73.2. The Kier molecular flexibility index (Phi) is 56.4. The molecule has 1 amide bonds. The maximum atomic E-state index is 13.0. The van der Waals surface area contributed by atoms with Crippen LogP contribution in [0.2, 0.25) is 0 Å². The number of nitrogens with one attached hydrogen (secondary N) is 1. The summed E-state index contributed by atoms with van der Waals surface area (Å²) in [4.78, 5) is 25.5. The molecular weight excluding hydrogens is 936 g/mol. The fraction of sp³-hybridized carbons (Fsp3) is 0.954. The third kappa shape index (κ3) is 58.9. The van der Waals surface area contributed by atoms with E-state index in [2.05, 4.69) is 19.2 Å². The van der Waals surface area contributed by atoms with Crippen LogP contribution in [-0.2, 0) is 18.4 Å². The largest absolute Gasteiger partial charge is 0.756 e. The van der Waals surface area contributed by atoms with E-state index in [1.165, 1.54) is 289 Å². The van der Waals surface area contributed by atoms with Crippen LogP contribution in [0.3, 0.4) is 0 Å². The van der Waals surface area contributed by atoms with Gasteiger partial charge in [-0.15, -0.1) is 0 Å². The van der Waals surface area contributed by atoms with E-state index in [0.717, 1.165) is 38.5 Å². The highest BCUT2D eigenvalue weighted by molar-refractivity contribution is 7.45. The number of rotatable bonds is 62. The van der Waals surface area contributed by atoms with Gasteiger partial charge in [0.15, 0.2) is 0 Å². The number of aliphatic hydroxyl groups is 1. The summed E-state index contributed by atoms with van der Waals surface area (Å²) < 4.78 is 23.4. The molecule has 9 heteroatoms. The average Bonchev–Trinajstić information content (AvgIpc) is 3.36. The van der Waals surface area contributed by atoms with E-state index in [1.807, 2.05) is 27.2 Å². The predicted molar refractivity (Wildman–Crippen MR) is 321 cm³/mol. The first-order valence-corrected chi connectivity index (χ1v) is 34.5. The molecular formula is C65H131N2O6P. The molecule has 0 spiro atoms. The van der Waals surface area contributed by atoms with Crippen LogP contribution in [0.4, 0.5) is 0 Å². The molecule has 442 valence electrons. The fourth-order valence-corrected chi connectivity index (χ4v) is 11.1. The topological polar surface area (TPSA) is 108 Å². The van der Waals surface area contributed by atoms with Crippen molar-refractivity contribution in [3.8, 4) is 0 Å². The molecule has 3 atom stereocenters. The molecule has 0 radical (unpaired) electrons. The Morgan fingerprint density at radius 2 is 0.730 bits per heavy atom. The lowest BCUT2D eigenvalue weighted by Crippen LogP contribution is -2.45. The molecule has 74 heavy (non-hydrogen) atoms. The summed E-state index contributed by atoms with van der Waals surface area (Å²) in [6, 6.07) is -0.882. The fourth-order valence-electron chi connectivity index (χ4n) is 10.3. The highest BCUT2D eigenvalue weighted by Gasteiger charge is 2.23. The van der Waals surface area contributed by atoms with Gasteiger partial charge >= 0.3 is 0 Å². The van der Waals surface area contributed by atoms with Crippen molar-refractivity contribution in [1.82, 2.24) is 5.32 Å². The van der Waals surface area contributed by atoms with Gasteiger partial charge < -0.3 is 28.8 Å². The second-order valence-corrected chi connectivity index (χ2v) is 25.6. The third-order valence-corrected chi connectivity index (χ3v) is 16.5. The van der Waals surface area contributed by atoms with Crippen LogP contribution in [0.5, 0.6) is 0 Å². The van der Waals surface area contributed by atoms with E-state index in [9.17, 15) is 19.4 Å². The SMILES string of the molecule is CCCCCCCCCCCCCCC/C=C/C(O)C(COP(=O)([O-])OCC[N+](C)(C)C)NC(=O)CCCCCCCCCCCCCCCCCCCCCCCCCCCCCCCCCCCCCCC. The monoisotopic (exact) mass is 1070 g/mol. The van der Waals surface area contributed by atoms with Gasteiger partial charge in [0.2, 0.25) is 5.91 Å². The summed E-state index contributed by atoms with van der Waals surface area (Å²) in [5.41, 5.74) is 0. The number of nitrogens with zero attached hydrogens (tertiary/aromatic N) is 1. The number of unbranched alkanes of at least 4 members (excludes halogenated alkanes) is 49. The third-order valence-electron chi connectivity index (χ3n) is 15.5. The predicted octanol–water partition coefficient (Wildman–Crippen LogP) is 19.9. The maximum Gasteiger partial charge on any atom is 0.268 e. The van der Waals surface area contributed by atoms with Gasteiger partial charge in [-0.2, -0.15) is 0 Å². The number of likely N-dealkylation sites (N-methyl/N-ethyl adjacent to an activating group) is 1. The zero-order chi connectivity index (χ0) is 54.2. The minimum atomic E-state index is -4.59. The van der Waals surface area contributed by atoms with Crippen molar-refractivity contribution >= 4 is 13.7 Å². The lowest BCUT2D eigenvalue weighted by atomic mass is 10.0. The van der Waals surface area contributed by atoms with Crippen molar-refractivity contribution in [3.05, 3.63) is 12.2 Å². The van der Waals surface area contributed by atoms with Crippen LogP contribution in [0.15, 0.2) is 12.2 Å². The van der Waals surface area contributed by atoms with Crippen LogP contribution in [0.25, 0.3) is 0 Å². The van der Waals surface area contributed by atoms with Crippen LogP contribution < -0.4 is 10.2 Å². The van der Waals surface area contributed by atoms with Gasteiger partial charge in [0.1, 0.15) is 13.2 Å². The first-order chi connectivity index (χ1) is 36.0. The summed E-state index contributed by atoms with van der Waals surface area (Å²) in [5.74, 6) is -0.189. The second kappa shape index (κ2) is 56.9. The lowest BCUT2D eigenvalue weighted by molar-refractivity contribution is -0.870. The maximum absolute atomic E-state index is 13.0. The summed E-state index contributed by atoms with van der Waals surface area (Å²) in [5, 5.41) is 13.9. The molecule has 0 aromatic heterocycles. The number of carbonyl (C=O) groups is 1. The molecule has 0 aromatic carbocycles. The van der Waals surface area contributed by atoms with Crippen LogP contribution in [-0.4, -0.2) is 68.5 Å². The lowest BCUT2D eigenvalue weighted by Gasteiger charge is -2.29. The number of phosphoric acid groups is 1. The van der Waals surface area contributed by atoms with E-state index in [0.29, 0.717) is 17.4 Å². The Morgan fingerprint density at radius 3 is 1.01 bits per heavy atom. The molecule has 0 rings (SSSR count). The van der Waals surface area contributed by atoms with E-state index in [4.69, 9.17) is 9.05 Å². The quantitative estimate of drug-likeness (QED) is 0.0272. The van der Waals surface area contributed by atoms with Crippen molar-refractivity contribution in [1.29, 1.82) is 0 Å². The smallest absolute Gasteiger partial charge is 0.268 e. The van der Waals surface area contributed by atoms with Gasteiger partial charge in [0.05, 0.1) is 39.9 Å². The zero-order valence-electron chi connectivity index (χ0n) is 50.6. The number of hydrogen-bond acceptors (Lipinski definition) is 6. The Hall–Kier alpha value is -0.760. The molecule has 0 heterocycles. The summed E-state index contributed by atoms with van der Waals surface area (Å²) in [7, 11) is 1.28. The van der Waals surface area contributed by atoms with Crippen molar-refractivity contribution < 1.29 is 32.9 Å². The standard InChI is InChI=1S/C65H131N2O6P/c1-6-8-10-12-14-16-18-20-22-23-24-25-26-27-28-29-30-31-32-33-34-35-36-37-38-39-40-41-42-43-45-47-49-51-53-55-57-59-65(69)66-63(62-73-74(70,71)72-61-60-67(3,4)5)64(68)58-56-54-52-50-48-46-44-21-19-17-15-13-11-9-7-2/h56,58,63-64,68H,6-55,57,59-62H2,1-5H3,(H-,66,69,70,71)/b58-56+. The molecule has 0 aliphatic carbocycles. The molecule has 0 aliphatic heterocycles. The van der Waals surface area contributed by atoms with Crippen molar-refractivity contribution in [2.24, 2.45) is 0 Å². The molecule has 0 aliphatic rings. The number of phosphoric ester groups is 1. The molecule has 0 saturated heterocycles. The molecule has 0 fully saturated rings. The Labute approximate surface area is 462 Å². The van der Waals surface area contributed by atoms with E-state index in [-0.39, 0.29) is 19.1 Å². The molecule has 2 N–H and O–H groups in total. The number of quaternary nitrogens is 1. The molecule has 0 bridgehead atoms. The number of allylic oxidation sites excluding steroid dienone is 1. The van der Waals surface area contributed by atoms with Gasteiger partial charge in [0.25, 0.3) is 7.82 Å². The van der Waals surface area contributed by atoms with Gasteiger partial charge in [0, 0.05) is 6.42 Å². The Morgan fingerprint density at radius 1 is 0.459 bits per heavy atom. The summed E-state index contributed by atoms with van der Waals surface area (Å²) in [6.45, 7) is 4.70. The summed E-state index contributed by atoms with van der Waals surface area (Å²) in [6.07, 6.45) is 72.0.